The Kier molecular flexibility index (Phi) is 4.70. The highest BCUT2D eigenvalue weighted by atomic mass is 32.2. The van der Waals surface area contributed by atoms with Crippen LogP contribution in [0.2, 0.25) is 0 Å². The van der Waals surface area contributed by atoms with Crippen LogP contribution in [-0.2, 0) is 0 Å². The molecule has 5 heteroatoms. The predicted octanol–water partition coefficient (Wildman–Crippen LogP) is 5.38. The fourth-order valence-corrected chi connectivity index (χ4v) is 2.64. The molecule has 2 nitrogen and oxygen atoms in total. The van der Waals surface area contributed by atoms with Crippen LogP contribution in [0.15, 0.2) is 39.6 Å². The van der Waals surface area contributed by atoms with Gasteiger partial charge in [-0.25, -0.2) is 0 Å². The third-order valence-electron chi connectivity index (χ3n) is 3.01. The molecular weight excluding hydrogens is 280 g/mol. The smallest absolute Gasteiger partial charge is 0.288 e. The average Bonchev–Trinajstić information content (AvgIpc) is 2.70. The Morgan fingerprint density at radius 3 is 2.30 bits per heavy atom. The van der Waals surface area contributed by atoms with Gasteiger partial charge in [0, 0.05) is 16.1 Å². The summed E-state index contributed by atoms with van der Waals surface area (Å²) in [4.78, 5) is 0.563. The number of hydrogen-bond donors (Lipinski definition) is 1. The minimum atomic E-state index is -2.38. The van der Waals surface area contributed by atoms with Crippen LogP contribution in [-0.4, -0.2) is 5.76 Å². The molecule has 1 atom stereocenters. The molecule has 0 saturated carbocycles. The van der Waals surface area contributed by atoms with Gasteiger partial charge in [0.15, 0.2) is 0 Å². The summed E-state index contributed by atoms with van der Waals surface area (Å²) in [6.45, 7) is 5.89. The highest BCUT2D eigenvalue weighted by molar-refractivity contribution is 7.99. The summed E-state index contributed by atoms with van der Waals surface area (Å²) >= 11 is 0.552. The number of thioether (sulfide) groups is 1. The van der Waals surface area contributed by atoms with Crippen LogP contribution >= 0.6 is 11.8 Å². The molecule has 1 N–H and O–H groups in total. The maximum absolute atomic E-state index is 12.2. The van der Waals surface area contributed by atoms with Crippen molar-refractivity contribution in [1.29, 1.82) is 0 Å². The lowest BCUT2D eigenvalue weighted by Gasteiger charge is -2.15. The minimum Gasteiger partial charge on any atom is -0.466 e. The second kappa shape index (κ2) is 6.31. The number of rotatable bonds is 5. The average molecular weight is 297 g/mol. The molecule has 0 aliphatic rings. The van der Waals surface area contributed by atoms with E-state index in [-0.39, 0.29) is 6.04 Å². The fraction of sp³-hybridized carbons (Fsp3) is 0.333. The quantitative estimate of drug-likeness (QED) is 0.750. The van der Waals surface area contributed by atoms with Crippen LogP contribution < -0.4 is 5.32 Å². The van der Waals surface area contributed by atoms with Crippen molar-refractivity contribution >= 4 is 17.4 Å². The van der Waals surface area contributed by atoms with Gasteiger partial charge in [0.25, 0.3) is 5.76 Å². The summed E-state index contributed by atoms with van der Waals surface area (Å²) in [5, 5.41) is 3.34. The van der Waals surface area contributed by atoms with Gasteiger partial charge >= 0.3 is 0 Å². The summed E-state index contributed by atoms with van der Waals surface area (Å²) in [5.41, 5.74) is 2.00. The SMILES string of the molecule is Cc1cc(C(C)Nc2ccc(SC(F)F)cc2)c(C)o1. The zero-order valence-electron chi connectivity index (χ0n) is 11.6. The summed E-state index contributed by atoms with van der Waals surface area (Å²) in [6.07, 6.45) is 0. The van der Waals surface area contributed by atoms with Crippen LogP contribution in [0.5, 0.6) is 0 Å². The van der Waals surface area contributed by atoms with Crippen molar-refractivity contribution < 1.29 is 13.2 Å². The lowest BCUT2D eigenvalue weighted by Crippen LogP contribution is -2.06. The molecule has 0 spiro atoms. The van der Waals surface area contributed by atoms with E-state index in [1.807, 2.05) is 39.0 Å². The Labute approximate surface area is 121 Å². The van der Waals surface area contributed by atoms with Crippen molar-refractivity contribution in [3.63, 3.8) is 0 Å². The third-order valence-corrected chi connectivity index (χ3v) is 3.73. The monoisotopic (exact) mass is 297 g/mol. The van der Waals surface area contributed by atoms with E-state index in [1.165, 1.54) is 0 Å². The number of nitrogens with one attached hydrogen (secondary N) is 1. The van der Waals surface area contributed by atoms with E-state index in [1.54, 1.807) is 12.1 Å². The second-order valence-electron chi connectivity index (χ2n) is 4.64. The lowest BCUT2D eigenvalue weighted by atomic mass is 10.1. The first-order valence-electron chi connectivity index (χ1n) is 6.34. The molecule has 108 valence electrons. The van der Waals surface area contributed by atoms with Crippen molar-refractivity contribution in [3.05, 3.63) is 47.4 Å². The molecule has 1 aromatic carbocycles. The Bertz CT molecular complexity index is 566. The highest BCUT2D eigenvalue weighted by Gasteiger charge is 2.12. The van der Waals surface area contributed by atoms with Gasteiger partial charge in [0.1, 0.15) is 11.5 Å². The minimum absolute atomic E-state index is 0.0982. The molecule has 0 fully saturated rings. The molecule has 0 saturated heterocycles. The second-order valence-corrected chi connectivity index (χ2v) is 5.70. The molecule has 0 aliphatic heterocycles. The molecule has 1 heterocycles. The normalized spacial score (nSPS) is 12.7. The number of benzene rings is 1. The van der Waals surface area contributed by atoms with Crippen LogP contribution in [0.25, 0.3) is 0 Å². The zero-order valence-corrected chi connectivity index (χ0v) is 12.4. The summed E-state index contributed by atoms with van der Waals surface area (Å²) in [6, 6.07) is 9.11. The van der Waals surface area contributed by atoms with Gasteiger partial charge in [-0.3, -0.25) is 0 Å². The first-order chi connectivity index (χ1) is 9.45. The van der Waals surface area contributed by atoms with Gasteiger partial charge < -0.3 is 9.73 Å². The molecule has 2 aromatic rings. The molecule has 1 aromatic heterocycles. The van der Waals surface area contributed by atoms with Crippen LogP contribution in [0.1, 0.15) is 30.0 Å². The number of aryl methyl sites for hydroxylation is 2. The number of hydrogen-bond acceptors (Lipinski definition) is 3. The largest absolute Gasteiger partial charge is 0.466 e. The van der Waals surface area contributed by atoms with Crippen LogP contribution in [0, 0.1) is 13.8 Å². The highest BCUT2D eigenvalue weighted by Crippen LogP contribution is 2.28. The Morgan fingerprint density at radius 1 is 1.15 bits per heavy atom. The van der Waals surface area contributed by atoms with Crippen LogP contribution in [0.4, 0.5) is 14.5 Å². The molecule has 1 unspecified atom stereocenters. The first kappa shape index (κ1) is 14.9. The Hall–Kier alpha value is -1.49. The lowest BCUT2D eigenvalue weighted by molar-refractivity contribution is 0.252. The molecule has 0 radical (unpaired) electrons. The van der Waals surface area contributed by atoms with E-state index >= 15 is 0 Å². The van der Waals surface area contributed by atoms with Gasteiger partial charge in [-0.1, -0.05) is 11.8 Å². The summed E-state index contributed by atoms with van der Waals surface area (Å²) in [5.74, 6) is -0.605. The fourth-order valence-electron chi connectivity index (χ4n) is 2.14. The maximum atomic E-state index is 12.2. The first-order valence-corrected chi connectivity index (χ1v) is 7.22. The van der Waals surface area contributed by atoms with E-state index in [4.69, 9.17) is 4.42 Å². The van der Waals surface area contributed by atoms with Gasteiger partial charge in [-0.05, 0) is 51.1 Å². The van der Waals surface area contributed by atoms with E-state index < -0.39 is 5.76 Å². The maximum Gasteiger partial charge on any atom is 0.288 e. The van der Waals surface area contributed by atoms with E-state index in [9.17, 15) is 8.78 Å². The number of anilines is 1. The molecule has 0 bridgehead atoms. The topological polar surface area (TPSA) is 25.2 Å². The van der Waals surface area contributed by atoms with Gasteiger partial charge in [-0.15, -0.1) is 0 Å². The number of alkyl halides is 2. The van der Waals surface area contributed by atoms with Crippen molar-refractivity contribution in [2.75, 3.05) is 5.32 Å². The van der Waals surface area contributed by atoms with Gasteiger partial charge in [0.05, 0.1) is 6.04 Å². The Balaban J connectivity index is 2.04. The van der Waals surface area contributed by atoms with Crippen molar-refractivity contribution in [1.82, 2.24) is 0 Å². The van der Waals surface area contributed by atoms with Gasteiger partial charge in [0.2, 0.25) is 0 Å². The number of furan rings is 1. The number of halogens is 2. The molecule has 20 heavy (non-hydrogen) atoms. The Morgan fingerprint density at radius 2 is 1.80 bits per heavy atom. The van der Waals surface area contributed by atoms with Crippen molar-refractivity contribution in [3.8, 4) is 0 Å². The summed E-state index contributed by atoms with van der Waals surface area (Å²) in [7, 11) is 0. The standard InChI is InChI=1S/C15H17F2NOS/c1-9-8-14(11(3)19-9)10(2)18-12-4-6-13(7-5-12)20-15(16)17/h4-8,10,15,18H,1-3H3. The van der Waals surface area contributed by atoms with Gasteiger partial charge in [-0.2, -0.15) is 8.78 Å². The van der Waals surface area contributed by atoms with E-state index in [2.05, 4.69) is 5.32 Å². The molecule has 0 aliphatic carbocycles. The molecular formula is C15H17F2NOS. The molecule has 0 amide bonds. The third kappa shape index (κ3) is 3.76. The van der Waals surface area contributed by atoms with Crippen molar-refractivity contribution in [2.45, 2.75) is 37.5 Å². The van der Waals surface area contributed by atoms with Crippen LogP contribution in [0.3, 0.4) is 0 Å². The zero-order chi connectivity index (χ0) is 14.7. The summed E-state index contributed by atoms with van der Waals surface area (Å²) < 4.78 is 30.0. The predicted molar refractivity (Wildman–Crippen MR) is 78.5 cm³/mol. The van der Waals surface area contributed by atoms with Crippen molar-refractivity contribution in [2.24, 2.45) is 0 Å². The molecule has 2 rings (SSSR count). The van der Waals surface area contributed by atoms with E-state index in [0.29, 0.717) is 16.7 Å². The van der Waals surface area contributed by atoms with E-state index in [0.717, 1.165) is 22.8 Å².